The van der Waals surface area contributed by atoms with Crippen molar-refractivity contribution in [1.29, 1.82) is 0 Å². The molecule has 2 heterocycles. The number of rotatable bonds is 4. The van der Waals surface area contributed by atoms with E-state index in [0.29, 0.717) is 12.1 Å². The van der Waals surface area contributed by atoms with Crippen LogP contribution in [0, 0.1) is 5.92 Å². The van der Waals surface area contributed by atoms with E-state index in [0.717, 1.165) is 24.0 Å². The van der Waals surface area contributed by atoms with E-state index in [-0.39, 0.29) is 0 Å². The van der Waals surface area contributed by atoms with Gasteiger partial charge in [-0.25, -0.2) is 0 Å². The summed E-state index contributed by atoms with van der Waals surface area (Å²) in [4.78, 5) is 2.58. The second-order valence-electron chi connectivity index (χ2n) is 6.20. The van der Waals surface area contributed by atoms with Gasteiger partial charge in [0.25, 0.3) is 0 Å². The first-order chi connectivity index (χ1) is 10.2. The van der Waals surface area contributed by atoms with Gasteiger partial charge in [0.05, 0.1) is 14.2 Å². The van der Waals surface area contributed by atoms with Crippen molar-refractivity contribution in [1.82, 2.24) is 10.2 Å². The molecule has 1 N–H and O–H groups in total. The highest BCUT2D eigenvalue weighted by molar-refractivity contribution is 5.42. The molecule has 0 spiro atoms. The number of nitrogens with zero attached hydrogens (tertiary/aromatic N) is 1. The van der Waals surface area contributed by atoms with Gasteiger partial charge in [0, 0.05) is 36.8 Å². The smallest absolute Gasteiger partial charge is 0.127 e. The maximum absolute atomic E-state index is 5.56. The van der Waals surface area contributed by atoms with Crippen molar-refractivity contribution >= 4 is 0 Å². The van der Waals surface area contributed by atoms with Gasteiger partial charge in [0.1, 0.15) is 11.5 Å². The summed E-state index contributed by atoms with van der Waals surface area (Å²) in [7, 11) is 3.42. The van der Waals surface area contributed by atoms with E-state index in [9.17, 15) is 0 Å². The zero-order valence-corrected chi connectivity index (χ0v) is 13.3. The molecule has 2 aliphatic rings. The number of hydrogen-bond acceptors (Lipinski definition) is 4. The molecule has 0 aliphatic carbocycles. The third-order valence-electron chi connectivity index (χ3n) is 5.07. The Morgan fingerprint density at radius 2 is 2.10 bits per heavy atom. The molecule has 3 atom stereocenters. The molecule has 2 aliphatic heterocycles. The van der Waals surface area contributed by atoms with Crippen molar-refractivity contribution in [3.8, 4) is 11.5 Å². The van der Waals surface area contributed by atoms with E-state index in [1.807, 2.05) is 12.1 Å². The molecule has 1 aromatic rings. The Morgan fingerprint density at radius 1 is 1.24 bits per heavy atom. The molecule has 2 fully saturated rings. The first kappa shape index (κ1) is 14.7. The molecule has 0 saturated carbocycles. The second-order valence-corrected chi connectivity index (χ2v) is 6.20. The molecule has 4 heteroatoms. The number of methoxy groups -OCH3 is 2. The number of fused-ring (bicyclic) bond motifs is 1. The molecule has 0 bridgehead atoms. The summed E-state index contributed by atoms with van der Waals surface area (Å²) in [5.74, 6) is 2.58. The van der Waals surface area contributed by atoms with Crippen LogP contribution in [0.1, 0.15) is 31.4 Å². The van der Waals surface area contributed by atoms with Gasteiger partial charge in [-0.05, 0) is 38.3 Å². The lowest BCUT2D eigenvalue weighted by Crippen LogP contribution is -2.40. The molecule has 2 saturated heterocycles. The van der Waals surface area contributed by atoms with Gasteiger partial charge < -0.3 is 14.8 Å². The summed E-state index contributed by atoms with van der Waals surface area (Å²) < 4.78 is 10.9. The number of benzene rings is 1. The van der Waals surface area contributed by atoms with Crippen molar-refractivity contribution in [3.05, 3.63) is 23.8 Å². The van der Waals surface area contributed by atoms with Gasteiger partial charge in [-0.3, -0.25) is 4.90 Å². The largest absolute Gasteiger partial charge is 0.497 e. The first-order valence-electron chi connectivity index (χ1n) is 7.92. The Bertz CT molecular complexity index is 478. The maximum Gasteiger partial charge on any atom is 0.127 e. The van der Waals surface area contributed by atoms with Crippen LogP contribution in [-0.4, -0.2) is 44.8 Å². The third-order valence-corrected chi connectivity index (χ3v) is 5.07. The highest BCUT2D eigenvalue weighted by Gasteiger charge is 2.36. The number of likely N-dealkylation sites (tertiary alicyclic amines) is 1. The van der Waals surface area contributed by atoms with E-state index in [4.69, 9.17) is 9.47 Å². The van der Waals surface area contributed by atoms with Crippen molar-refractivity contribution in [2.24, 2.45) is 5.92 Å². The molecule has 3 rings (SSSR count). The Hall–Kier alpha value is -1.26. The summed E-state index contributed by atoms with van der Waals surface area (Å²) in [6.45, 7) is 5.78. The van der Waals surface area contributed by atoms with E-state index >= 15 is 0 Å². The third kappa shape index (κ3) is 2.87. The van der Waals surface area contributed by atoms with Gasteiger partial charge in [-0.2, -0.15) is 0 Å². The fourth-order valence-corrected chi connectivity index (χ4v) is 3.76. The zero-order valence-electron chi connectivity index (χ0n) is 13.3. The predicted molar refractivity (Wildman–Crippen MR) is 84.0 cm³/mol. The summed E-state index contributed by atoms with van der Waals surface area (Å²) in [6, 6.07) is 7.18. The quantitative estimate of drug-likeness (QED) is 0.923. The van der Waals surface area contributed by atoms with Gasteiger partial charge in [-0.1, -0.05) is 6.07 Å². The van der Waals surface area contributed by atoms with E-state index in [2.05, 4.69) is 23.2 Å². The average molecular weight is 290 g/mol. The summed E-state index contributed by atoms with van der Waals surface area (Å²) in [6.07, 6.45) is 2.68. The van der Waals surface area contributed by atoms with Gasteiger partial charge >= 0.3 is 0 Å². The standard InChI is InChI=1S/C17H26N2O2/c1-12(15-7-6-14(20-2)9-17(15)21-3)19-10-13-5-4-8-18-16(13)11-19/h6-7,9,12-13,16,18H,4-5,8,10-11H2,1-3H3. The molecule has 116 valence electrons. The lowest BCUT2D eigenvalue weighted by atomic mass is 9.94. The SMILES string of the molecule is COc1ccc(C(C)N2CC3CCCNC3C2)c(OC)c1. The van der Waals surface area contributed by atoms with Crippen molar-refractivity contribution in [3.63, 3.8) is 0 Å². The Labute approximate surface area is 127 Å². The van der Waals surface area contributed by atoms with Crippen LogP contribution in [0.4, 0.5) is 0 Å². The molecule has 4 nitrogen and oxygen atoms in total. The zero-order chi connectivity index (χ0) is 14.8. The van der Waals surface area contributed by atoms with Crippen molar-refractivity contribution in [2.75, 3.05) is 33.9 Å². The van der Waals surface area contributed by atoms with E-state index in [1.54, 1.807) is 14.2 Å². The Morgan fingerprint density at radius 3 is 2.81 bits per heavy atom. The molecule has 3 unspecified atom stereocenters. The van der Waals surface area contributed by atoms with Crippen LogP contribution < -0.4 is 14.8 Å². The molecule has 1 aromatic carbocycles. The van der Waals surface area contributed by atoms with Crippen LogP contribution in [0.2, 0.25) is 0 Å². The van der Waals surface area contributed by atoms with Crippen LogP contribution in [0.3, 0.4) is 0 Å². The average Bonchev–Trinajstić information content (AvgIpc) is 2.97. The molecule has 0 aromatic heterocycles. The van der Waals surface area contributed by atoms with Crippen molar-refractivity contribution < 1.29 is 9.47 Å². The number of piperidine rings is 1. The van der Waals surface area contributed by atoms with Crippen LogP contribution in [0.15, 0.2) is 18.2 Å². The first-order valence-corrected chi connectivity index (χ1v) is 7.92. The van der Waals surface area contributed by atoms with Crippen LogP contribution in [0.25, 0.3) is 0 Å². The minimum atomic E-state index is 0.373. The predicted octanol–water partition coefficient (Wildman–Crippen LogP) is 2.45. The molecule has 0 radical (unpaired) electrons. The topological polar surface area (TPSA) is 33.7 Å². The molecular formula is C17H26N2O2. The van der Waals surface area contributed by atoms with E-state index in [1.165, 1.54) is 31.5 Å². The Kier molecular flexibility index (Phi) is 4.36. The summed E-state index contributed by atoms with van der Waals surface area (Å²) in [5.41, 5.74) is 1.25. The number of nitrogens with one attached hydrogen (secondary N) is 1. The van der Waals surface area contributed by atoms with Crippen molar-refractivity contribution in [2.45, 2.75) is 31.8 Å². The summed E-state index contributed by atoms with van der Waals surface area (Å²) in [5, 5.41) is 3.67. The fourth-order valence-electron chi connectivity index (χ4n) is 3.76. The highest BCUT2D eigenvalue weighted by Crippen LogP contribution is 2.36. The number of ether oxygens (including phenoxy) is 2. The lowest BCUT2D eigenvalue weighted by molar-refractivity contribution is 0.244. The van der Waals surface area contributed by atoms with E-state index < -0.39 is 0 Å². The number of hydrogen-bond donors (Lipinski definition) is 1. The van der Waals surface area contributed by atoms with Gasteiger partial charge in [0.2, 0.25) is 0 Å². The molecule has 0 amide bonds. The Balaban J connectivity index is 1.77. The van der Waals surface area contributed by atoms with Crippen LogP contribution in [0.5, 0.6) is 11.5 Å². The normalized spacial score (nSPS) is 27.2. The monoisotopic (exact) mass is 290 g/mol. The minimum Gasteiger partial charge on any atom is -0.497 e. The van der Waals surface area contributed by atoms with Crippen LogP contribution >= 0.6 is 0 Å². The van der Waals surface area contributed by atoms with Gasteiger partial charge in [-0.15, -0.1) is 0 Å². The maximum atomic E-state index is 5.56. The second kappa shape index (κ2) is 6.24. The summed E-state index contributed by atoms with van der Waals surface area (Å²) >= 11 is 0. The van der Waals surface area contributed by atoms with Gasteiger partial charge in [0.15, 0.2) is 0 Å². The van der Waals surface area contributed by atoms with Crippen LogP contribution in [-0.2, 0) is 0 Å². The molecular weight excluding hydrogens is 264 g/mol. The fraction of sp³-hybridized carbons (Fsp3) is 0.647. The highest BCUT2D eigenvalue weighted by atomic mass is 16.5. The minimum absolute atomic E-state index is 0.373. The molecule has 21 heavy (non-hydrogen) atoms. The lowest BCUT2D eigenvalue weighted by Gasteiger charge is -2.26.